The first kappa shape index (κ1) is 25.8. The molecule has 5 heteroatoms. The summed E-state index contributed by atoms with van der Waals surface area (Å²) < 4.78 is 12.0. The number of Topliss-reactive ketones (excluding diaryl/α,β-unsaturated/α-hetero) is 1. The van der Waals surface area contributed by atoms with E-state index in [0.717, 1.165) is 57.4 Å². The fraction of sp³-hybridized carbons (Fsp3) is 0.229. The van der Waals surface area contributed by atoms with Gasteiger partial charge in [0, 0.05) is 17.7 Å². The molecule has 2 aliphatic rings. The van der Waals surface area contributed by atoms with Crippen molar-refractivity contribution < 1.29 is 14.3 Å². The smallest absolute Gasteiger partial charge is 0.163 e. The molecular formula is C35H34N2O3. The van der Waals surface area contributed by atoms with E-state index >= 15 is 0 Å². The second-order valence-corrected chi connectivity index (χ2v) is 10.9. The summed E-state index contributed by atoms with van der Waals surface area (Å²) in [5.41, 5.74) is 5.84. The first-order valence-corrected chi connectivity index (χ1v) is 14.0. The summed E-state index contributed by atoms with van der Waals surface area (Å²) in [5.74, 6) is 3.09. The minimum atomic E-state index is -0.300. The second kappa shape index (κ2) is 11.3. The number of anilines is 2. The zero-order valence-corrected chi connectivity index (χ0v) is 22.9. The number of nitrogens with one attached hydrogen (secondary N) is 2. The zero-order valence-electron chi connectivity index (χ0n) is 22.9. The predicted molar refractivity (Wildman–Crippen MR) is 160 cm³/mol. The van der Waals surface area contributed by atoms with E-state index in [4.69, 9.17) is 9.47 Å². The van der Waals surface area contributed by atoms with Crippen molar-refractivity contribution in [1.29, 1.82) is 0 Å². The summed E-state index contributed by atoms with van der Waals surface area (Å²) >= 11 is 0. The van der Waals surface area contributed by atoms with Gasteiger partial charge in [-0.1, -0.05) is 68.4 Å². The summed E-state index contributed by atoms with van der Waals surface area (Å²) in [5, 5.41) is 7.30. The van der Waals surface area contributed by atoms with Crippen molar-refractivity contribution in [2.24, 2.45) is 5.92 Å². The van der Waals surface area contributed by atoms with E-state index in [1.807, 2.05) is 72.8 Å². The zero-order chi connectivity index (χ0) is 27.5. The van der Waals surface area contributed by atoms with Crippen LogP contribution in [0.2, 0.25) is 0 Å². The first-order valence-electron chi connectivity index (χ1n) is 14.0. The van der Waals surface area contributed by atoms with E-state index < -0.39 is 0 Å². The summed E-state index contributed by atoms with van der Waals surface area (Å²) in [6, 6.07) is 33.8. The number of benzene rings is 4. The van der Waals surface area contributed by atoms with Crippen molar-refractivity contribution in [3.05, 3.63) is 126 Å². The van der Waals surface area contributed by atoms with Crippen molar-refractivity contribution >= 4 is 17.2 Å². The summed E-state index contributed by atoms with van der Waals surface area (Å²) in [4.78, 5) is 13.9. The Bertz CT molecular complexity index is 1530. The lowest BCUT2D eigenvalue weighted by Gasteiger charge is -2.30. The summed E-state index contributed by atoms with van der Waals surface area (Å²) in [7, 11) is 0. The number of fused-ring (bicyclic) bond motifs is 1. The van der Waals surface area contributed by atoms with Crippen LogP contribution in [0.4, 0.5) is 11.4 Å². The van der Waals surface area contributed by atoms with E-state index in [-0.39, 0.29) is 17.7 Å². The van der Waals surface area contributed by atoms with Crippen LogP contribution in [-0.2, 0) is 4.79 Å². The van der Waals surface area contributed by atoms with E-state index in [1.165, 1.54) is 0 Å². The molecule has 40 heavy (non-hydrogen) atoms. The third-order valence-electron chi connectivity index (χ3n) is 7.41. The molecule has 2 atom stereocenters. The van der Waals surface area contributed by atoms with E-state index in [0.29, 0.717) is 18.9 Å². The molecule has 2 unspecified atom stereocenters. The van der Waals surface area contributed by atoms with Crippen molar-refractivity contribution in [1.82, 2.24) is 0 Å². The Morgan fingerprint density at radius 2 is 1.48 bits per heavy atom. The largest absolute Gasteiger partial charge is 0.493 e. The minimum Gasteiger partial charge on any atom is -0.493 e. The van der Waals surface area contributed by atoms with Gasteiger partial charge in [0.05, 0.1) is 24.0 Å². The predicted octanol–water partition coefficient (Wildman–Crippen LogP) is 8.49. The molecule has 1 aliphatic carbocycles. The van der Waals surface area contributed by atoms with Gasteiger partial charge in [0.25, 0.3) is 0 Å². The van der Waals surface area contributed by atoms with Gasteiger partial charge in [-0.05, 0) is 77.9 Å². The Balaban J connectivity index is 1.32. The molecule has 0 saturated carbocycles. The highest BCUT2D eigenvalue weighted by atomic mass is 16.5. The molecule has 0 fully saturated rings. The Morgan fingerprint density at radius 1 is 0.750 bits per heavy atom. The first-order chi connectivity index (χ1) is 19.5. The normalized spacial score (nSPS) is 18.2. The van der Waals surface area contributed by atoms with Crippen LogP contribution in [0.15, 0.2) is 114 Å². The summed E-state index contributed by atoms with van der Waals surface area (Å²) in [6.07, 6.45) is 1.21. The maximum absolute atomic E-state index is 13.9. The van der Waals surface area contributed by atoms with Crippen molar-refractivity contribution in [2.45, 2.75) is 38.6 Å². The van der Waals surface area contributed by atoms with Gasteiger partial charge in [-0.25, -0.2) is 0 Å². The fourth-order valence-electron chi connectivity index (χ4n) is 5.46. The van der Waals surface area contributed by atoms with Crippen LogP contribution < -0.4 is 20.1 Å². The number of hydrogen-bond donors (Lipinski definition) is 2. The van der Waals surface area contributed by atoms with E-state index in [1.54, 1.807) is 0 Å². The van der Waals surface area contributed by atoms with Crippen LogP contribution in [0.3, 0.4) is 0 Å². The van der Waals surface area contributed by atoms with Gasteiger partial charge in [-0.2, -0.15) is 0 Å². The van der Waals surface area contributed by atoms with Crippen LogP contribution >= 0.6 is 0 Å². The van der Waals surface area contributed by atoms with Crippen LogP contribution in [0, 0.1) is 5.92 Å². The maximum Gasteiger partial charge on any atom is 0.163 e. The van der Waals surface area contributed by atoms with Crippen molar-refractivity contribution in [2.75, 3.05) is 17.2 Å². The molecule has 0 bridgehead atoms. The Labute approximate surface area is 235 Å². The molecule has 0 saturated heterocycles. The summed E-state index contributed by atoms with van der Waals surface area (Å²) in [6.45, 7) is 4.96. The average molecular weight is 531 g/mol. The molecular weight excluding hydrogens is 496 g/mol. The molecule has 2 N–H and O–H groups in total. The number of hydrogen-bond acceptors (Lipinski definition) is 5. The standard InChI is InChI=1S/C35H34N2O3/c1-23(2)22-39-27-17-15-24(16-18-27)26-20-32-34(33(38)21-26)35(37-31-14-7-6-13-30(31)36-32)25-9-8-12-29(19-25)40-28-10-4-3-5-11-28/h3-19,23,26,35-37H,20-22H2,1-2H3. The highest BCUT2D eigenvalue weighted by molar-refractivity contribution is 6.01. The molecule has 4 aromatic carbocycles. The van der Waals surface area contributed by atoms with Crippen LogP contribution in [0.25, 0.3) is 0 Å². The van der Waals surface area contributed by atoms with Gasteiger partial charge >= 0.3 is 0 Å². The van der Waals surface area contributed by atoms with Gasteiger partial charge < -0.3 is 20.1 Å². The Kier molecular flexibility index (Phi) is 7.28. The second-order valence-electron chi connectivity index (χ2n) is 10.9. The number of carbonyl (C=O) groups is 1. The number of ether oxygens (including phenoxy) is 2. The third-order valence-corrected chi connectivity index (χ3v) is 7.41. The minimum absolute atomic E-state index is 0.0940. The van der Waals surface area contributed by atoms with Crippen LogP contribution in [0.5, 0.6) is 17.2 Å². The molecule has 1 aliphatic heterocycles. The van der Waals surface area contributed by atoms with Crippen LogP contribution in [0.1, 0.15) is 49.8 Å². The number of ketones is 1. The Hall–Kier alpha value is -4.51. The van der Waals surface area contributed by atoms with E-state index in [9.17, 15) is 4.79 Å². The quantitative estimate of drug-likeness (QED) is 0.251. The average Bonchev–Trinajstić information content (AvgIpc) is 3.14. The van der Waals surface area contributed by atoms with Gasteiger partial charge in [-0.15, -0.1) is 0 Å². The molecule has 0 amide bonds. The third kappa shape index (κ3) is 5.59. The fourth-order valence-corrected chi connectivity index (χ4v) is 5.46. The molecule has 202 valence electrons. The molecule has 0 aromatic heterocycles. The Morgan fingerprint density at radius 3 is 2.25 bits per heavy atom. The SMILES string of the molecule is CC(C)COc1ccc(C2CC(=O)C3=C(C2)Nc2ccccc2NC3c2cccc(Oc3ccccc3)c2)cc1. The molecule has 0 radical (unpaired) electrons. The van der Waals surface area contributed by atoms with Crippen molar-refractivity contribution in [3.8, 4) is 17.2 Å². The number of carbonyl (C=O) groups excluding carboxylic acids is 1. The number of rotatable bonds is 7. The number of para-hydroxylation sites is 3. The molecule has 4 aromatic rings. The monoisotopic (exact) mass is 530 g/mol. The molecule has 5 nitrogen and oxygen atoms in total. The molecule has 1 heterocycles. The highest BCUT2D eigenvalue weighted by Crippen LogP contribution is 2.44. The number of allylic oxidation sites excluding steroid dienone is 1. The maximum atomic E-state index is 13.9. The molecule has 6 rings (SSSR count). The van der Waals surface area contributed by atoms with Crippen molar-refractivity contribution in [3.63, 3.8) is 0 Å². The van der Waals surface area contributed by atoms with Crippen LogP contribution in [-0.4, -0.2) is 12.4 Å². The lowest BCUT2D eigenvalue weighted by Crippen LogP contribution is -2.26. The molecule has 0 spiro atoms. The van der Waals surface area contributed by atoms with Gasteiger partial charge in [0.15, 0.2) is 5.78 Å². The lowest BCUT2D eigenvalue weighted by molar-refractivity contribution is -0.116. The van der Waals surface area contributed by atoms with E-state index in [2.05, 4.69) is 54.8 Å². The highest BCUT2D eigenvalue weighted by Gasteiger charge is 2.36. The lowest BCUT2D eigenvalue weighted by atomic mass is 9.78. The van der Waals surface area contributed by atoms with Gasteiger partial charge in [0.1, 0.15) is 17.2 Å². The topological polar surface area (TPSA) is 59.6 Å². The van der Waals surface area contributed by atoms with Gasteiger partial charge in [-0.3, -0.25) is 4.79 Å². The van der Waals surface area contributed by atoms with Gasteiger partial charge in [0.2, 0.25) is 0 Å².